The van der Waals surface area contributed by atoms with Crippen LogP contribution < -0.4 is 10.0 Å². The van der Waals surface area contributed by atoms with Gasteiger partial charge in [0, 0.05) is 31.4 Å². The first-order valence-corrected chi connectivity index (χ1v) is 9.04. The van der Waals surface area contributed by atoms with E-state index in [4.69, 9.17) is 6.57 Å². The lowest BCUT2D eigenvalue weighted by atomic mass is 10.00. The lowest BCUT2D eigenvalue weighted by Gasteiger charge is -2.31. The normalized spacial score (nSPS) is 22.4. The fourth-order valence-corrected chi connectivity index (χ4v) is 4.51. The van der Waals surface area contributed by atoms with Crippen molar-refractivity contribution >= 4 is 21.6 Å². The molecule has 1 fully saturated rings. The van der Waals surface area contributed by atoms with Crippen LogP contribution in [0.4, 0.5) is 11.4 Å². The summed E-state index contributed by atoms with van der Waals surface area (Å²) < 4.78 is 29.2. The van der Waals surface area contributed by atoms with E-state index in [0.717, 1.165) is 30.5 Å². The van der Waals surface area contributed by atoms with Gasteiger partial charge in [0.05, 0.1) is 6.57 Å². The monoisotopic (exact) mass is 320 g/mol. The average molecular weight is 320 g/mol. The standard InChI is InChI=1S/C15H20N4O2S/c1-16-13-5-6-15-12(9-13)10-14(11-17-15)18-22(20,21)19-7-3-2-4-8-19/h5-6,9,14,17-18H,2-4,7-8,10-11H2/t14-/m0/s1. The molecule has 1 aromatic rings. The summed E-state index contributed by atoms with van der Waals surface area (Å²) in [6.07, 6.45) is 3.57. The Morgan fingerprint density at radius 2 is 2.05 bits per heavy atom. The topological polar surface area (TPSA) is 65.8 Å². The molecule has 0 amide bonds. The van der Waals surface area contributed by atoms with E-state index in [1.54, 1.807) is 10.4 Å². The Morgan fingerprint density at radius 3 is 2.77 bits per heavy atom. The summed E-state index contributed by atoms with van der Waals surface area (Å²) >= 11 is 0. The molecule has 2 aliphatic rings. The van der Waals surface area contributed by atoms with Crippen molar-refractivity contribution in [1.82, 2.24) is 9.03 Å². The zero-order valence-electron chi connectivity index (χ0n) is 12.4. The number of benzene rings is 1. The first-order chi connectivity index (χ1) is 10.6. The van der Waals surface area contributed by atoms with Gasteiger partial charge >= 0.3 is 0 Å². The van der Waals surface area contributed by atoms with Crippen LogP contribution in [0.25, 0.3) is 4.85 Å². The zero-order valence-corrected chi connectivity index (χ0v) is 13.2. The van der Waals surface area contributed by atoms with E-state index in [0.29, 0.717) is 31.7 Å². The lowest BCUT2D eigenvalue weighted by Crippen LogP contribution is -2.50. The van der Waals surface area contributed by atoms with E-state index >= 15 is 0 Å². The summed E-state index contributed by atoms with van der Waals surface area (Å²) in [7, 11) is -3.42. The van der Waals surface area contributed by atoms with Gasteiger partial charge in [-0.2, -0.15) is 17.4 Å². The second kappa shape index (κ2) is 6.24. The van der Waals surface area contributed by atoms with Gasteiger partial charge in [-0.1, -0.05) is 18.6 Å². The number of nitrogens with one attached hydrogen (secondary N) is 2. The fourth-order valence-electron chi connectivity index (χ4n) is 3.04. The Bertz CT molecular complexity index is 690. The van der Waals surface area contributed by atoms with Crippen molar-refractivity contribution in [3.05, 3.63) is 35.2 Å². The molecule has 0 saturated carbocycles. The van der Waals surface area contributed by atoms with Crippen molar-refractivity contribution < 1.29 is 8.42 Å². The molecule has 2 aliphatic heterocycles. The summed E-state index contributed by atoms with van der Waals surface area (Å²) in [5.74, 6) is 0. The van der Waals surface area contributed by atoms with Crippen LogP contribution in [0.3, 0.4) is 0 Å². The highest BCUT2D eigenvalue weighted by atomic mass is 32.2. The molecule has 2 heterocycles. The molecule has 6 nitrogen and oxygen atoms in total. The number of rotatable bonds is 3. The largest absolute Gasteiger partial charge is 0.383 e. The number of anilines is 1. The molecular weight excluding hydrogens is 300 g/mol. The molecule has 22 heavy (non-hydrogen) atoms. The third-order valence-corrected chi connectivity index (χ3v) is 5.87. The van der Waals surface area contributed by atoms with Crippen molar-refractivity contribution in [2.24, 2.45) is 0 Å². The summed E-state index contributed by atoms with van der Waals surface area (Å²) in [5.41, 5.74) is 2.56. The predicted octanol–water partition coefficient (Wildman–Crippen LogP) is 1.89. The van der Waals surface area contributed by atoms with Gasteiger partial charge in [0.2, 0.25) is 0 Å². The molecule has 1 aromatic carbocycles. The molecule has 2 N–H and O–H groups in total. The Kier molecular flexibility index (Phi) is 4.34. The summed E-state index contributed by atoms with van der Waals surface area (Å²) in [6, 6.07) is 5.31. The maximum atomic E-state index is 12.4. The quantitative estimate of drug-likeness (QED) is 0.836. The molecule has 0 aliphatic carbocycles. The van der Waals surface area contributed by atoms with Crippen molar-refractivity contribution in [3.8, 4) is 0 Å². The molecule has 0 aromatic heterocycles. The van der Waals surface area contributed by atoms with E-state index in [-0.39, 0.29) is 6.04 Å². The van der Waals surface area contributed by atoms with Crippen LogP contribution in [0.1, 0.15) is 24.8 Å². The minimum atomic E-state index is -3.42. The average Bonchev–Trinajstić information content (AvgIpc) is 2.54. The van der Waals surface area contributed by atoms with Crippen LogP contribution in [0.5, 0.6) is 0 Å². The molecule has 1 atom stereocenters. The Hall–Kier alpha value is -1.62. The molecule has 118 valence electrons. The van der Waals surface area contributed by atoms with Crippen LogP contribution in [-0.4, -0.2) is 38.4 Å². The second-order valence-corrected chi connectivity index (χ2v) is 7.52. The van der Waals surface area contributed by atoms with Crippen molar-refractivity contribution in [2.45, 2.75) is 31.7 Å². The van der Waals surface area contributed by atoms with E-state index in [2.05, 4.69) is 14.9 Å². The van der Waals surface area contributed by atoms with Gasteiger partial charge in [-0.3, -0.25) is 0 Å². The predicted molar refractivity (Wildman–Crippen MR) is 86.2 cm³/mol. The molecule has 0 spiro atoms. The SMILES string of the molecule is [C-]#[N+]c1ccc2c(c1)C[C@H](NS(=O)(=O)N1CCCCC1)CN2. The van der Waals surface area contributed by atoms with Crippen LogP contribution in [0.15, 0.2) is 18.2 Å². The Balaban J connectivity index is 1.70. The van der Waals surface area contributed by atoms with Crippen molar-refractivity contribution in [2.75, 3.05) is 25.0 Å². The number of hydrogen-bond donors (Lipinski definition) is 2. The molecule has 7 heteroatoms. The van der Waals surface area contributed by atoms with E-state index in [1.165, 1.54) is 0 Å². The molecule has 1 saturated heterocycles. The minimum absolute atomic E-state index is 0.180. The van der Waals surface area contributed by atoms with Gasteiger partial charge < -0.3 is 5.32 Å². The van der Waals surface area contributed by atoms with Gasteiger partial charge in [0.15, 0.2) is 5.69 Å². The van der Waals surface area contributed by atoms with Gasteiger partial charge in [0.1, 0.15) is 0 Å². The van der Waals surface area contributed by atoms with Crippen LogP contribution >= 0.6 is 0 Å². The summed E-state index contributed by atoms with van der Waals surface area (Å²) in [5, 5.41) is 3.24. The number of fused-ring (bicyclic) bond motifs is 1. The Labute approximate surface area is 131 Å². The van der Waals surface area contributed by atoms with Gasteiger partial charge in [0.25, 0.3) is 10.2 Å². The van der Waals surface area contributed by atoms with Gasteiger partial charge in [-0.15, -0.1) is 0 Å². The third kappa shape index (κ3) is 3.24. The van der Waals surface area contributed by atoms with E-state index < -0.39 is 10.2 Å². The zero-order chi connectivity index (χ0) is 15.6. The van der Waals surface area contributed by atoms with Crippen LogP contribution in [0, 0.1) is 6.57 Å². The number of piperidine rings is 1. The molecule has 0 bridgehead atoms. The highest BCUT2D eigenvalue weighted by Gasteiger charge is 2.28. The number of nitrogens with zero attached hydrogens (tertiary/aromatic N) is 2. The molecule has 3 rings (SSSR count). The maximum Gasteiger partial charge on any atom is 0.279 e. The van der Waals surface area contributed by atoms with Crippen LogP contribution in [0.2, 0.25) is 0 Å². The van der Waals surface area contributed by atoms with Gasteiger partial charge in [-0.05, 0) is 30.9 Å². The molecule has 0 radical (unpaired) electrons. The van der Waals surface area contributed by atoms with Crippen molar-refractivity contribution in [3.63, 3.8) is 0 Å². The second-order valence-electron chi connectivity index (χ2n) is 5.82. The maximum absolute atomic E-state index is 12.4. The molecular formula is C15H20N4O2S. The highest BCUT2D eigenvalue weighted by Crippen LogP contribution is 2.27. The smallest absolute Gasteiger partial charge is 0.279 e. The minimum Gasteiger partial charge on any atom is -0.383 e. The lowest BCUT2D eigenvalue weighted by molar-refractivity contribution is 0.338. The fraction of sp³-hybridized carbons (Fsp3) is 0.533. The molecule has 0 unspecified atom stereocenters. The van der Waals surface area contributed by atoms with Crippen LogP contribution in [-0.2, 0) is 16.6 Å². The van der Waals surface area contributed by atoms with E-state index in [1.807, 2.05) is 12.1 Å². The first-order valence-electron chi connectivity index (χ1n) is 7.60. The summed E-state index contributed by atoms with van der Waals surface area (Å²) in [6.45, 7) is 8.85. The van der Waals surface area contributed by atoms with E-state index in [9.17, 15) is 8.42 Å². The van der Waals surface area contributed by atoms with Gasteiger partial charge in [-0.25, -0.2) is 4.85 Å². The highest BCUT2D eigenvalue weighted by molar-refractivity contribution is 7.87. The third-order valence-electron chi connectivity index (χ3n) is 4.19. The Morgan fingerprint density at radius 1 is 1.27 bits per heavy atom. The summed E-state index contributed by atoms with van der Waals surface area (Å²) in [4.78, 5) is 3.43. The first kappa shape index (κ1) is 15.3. The number of hydrogen-bond acceptors (Lipinski definition) is 3. The van der Waals surface area contributed by atoms with Crippen molar-refractivity contribution in [1.29, 1.82) is 0 Å².